The van der Waals surface area contributed by atoms with E-state index in [0.29, 0.717) is 17.0 Å². The minimum atomic E-state index is -1.00. The number of rotatable bonds is 4. The fourth-order valence-electron chi connectivity index (χ4n) is 4.58. The zero-order valence-electron chi connectivity index (χ0n) is 23.9. The Hall–Kier alpha value is -4.21. The van der Waals surface area contributed by atoms with E-state index in [2.05, 4.69) is 35.0 Å². The summed E-state index contributed by atoms with van der Waals surface area (Å²) in [5, 5.41) is 20.7. The highest BCUT2D eigenvalue weighted by atomic mass is 35.5. The molecule has 0 atom stereocenters. The van der Waals surface area contributed by atoms with E-state index in [1.165, 1.54) is 16.8 Å². The number of nitrogens with zero attached hydrogens (tertiary/aromatic N) is 2. The molecule has 0 saturated carbocycles. The summed E-state index contributed by atoms with van der Waals surface area (Å²) >= 11 is 0. The summed E-state index contributed by atoms with van der Waals surface area (Å²) in [5.41, 5.74) is 3.68. The lowest BCUT2D eigenvalue weighted by atomic mass is 9.95. The van der Waals surface area contributed by atoms with E-state index >= 15 is 0 Å². The number of hydrogen-bond acceptors (Lipinski definition) is 7. The number of quaternary nitrogens is 1. The van der Waals surface area contributed by atoms with Gasteiger partial charge in [0.05, 0.1) is 52.3 Å². The number of carbonyl (C=O) groups excluding carboxylic acids is 1. The number of para-hydroxylation sites is 1. The minimum absolute atomic E-state index is 0. The van der Waals surface area contributed by atoms with Crippen molar-refractivity contribution in [1.82, 2.24) is 0 Å². The third kappa shape index (κ3) is 7.71. The highest BCUT2D eigenvalue weighted by molar-refractivity contribution is 5.91. The van der Waals surface area contributed by atoms with Gasteiger partial charge in [-0.15, -0.1) is 12.4 Å². The number of fused-ring (bicyclic) bond motifs is 5. The number of aryl methyl sites for hydroxylation is 2. The fraction of sp³-hybridized carbons (Fsp3) is 0.290. The summed E-state index contributed by atoms with van der Waals surface area (Å²) in [4.78, 5) is 9.89. The lowest BCUT2D eigenvalue weighted by molar-refractivity contribution is -0.864. The normalized spacial score (nSPS) is 12.3. The number of aliphatic carboxylic acids is 1. The van der Waals surface area contributed by atoms with Gasteiger partial charge in [0.1, 0.15) is 12.3 Å². The first-order valence-electron chi connectivity index (χ1n) is 12.8. The number of halogens is 1. The summed E-state index contributed by atoms with van der Waals surface area (Å²) in [6.45, 7) is 1.28. The van der Waals surface area contributed by atoms with Gasteiger partial charge in [-0.1, -0.05) is 18.2 Å². The molecule has 0 bridgehead atoms. The van der Waals surface area contributed by atoms with Crippen LogP contribution in [-0.4, -0.2) is 64.3 Å². The number of carboxylic acid groups (broad SMARTS) is 1. The van der Waals surface area contributed by atoms with Crippen LogP contribution in [0.5, 0.6) is 28.7 Å². The van der Waals surface area contributed by atoms with Crippen molar-refractivity contribution < 1.29 is 43.0 Å². The Morgan fingerprint density at radius 3 is 2.22 bits per heavy atom. The number of hydrogen-bond donors (Lipinski definition) is 1. The van der Waals surface area contributed by atoms with Crippen LogP contribution in [-0.2, 0) is 17.8 Å². The van der Waals surface area contributed by atoms with Crippen molar-refractivity contribution in [3.05, 3.63) is 72.4 Å². The van der Waals surface area contributed by atoms with Gasteiger partial charge in [-0.3, -0.25) is 0 Å². The second kappa shape index (κ2) is 13.4. The first kappa shape index (κ1) is 31.3. The predicted octanol–water partition coefficient (Wildman–Crippen LogP) is 3.35. The lowest BCUT2D eigenvalue weighted by Gasteiger charge is -2.23. The molecule has 9 nitrogen and oxygen atoms in total. The van der Waals surface area contributed by atoms with Crippen molar-refractivity contribution in [3.63, 3.8) is 0 Å². The van der Waals surface area contributed by atoms with Gasteiger partial charge in [0.25, 0.3) is 0 Å². The van der Waals surface area contributed by atoms with E-state index in [1.807, 2.05) is 12.1 Å². The van der Waals surface area contributed by atoms with Gasteiger partial charge in [0.2, 0.25) is 12.5 Å². The van der Waals surface area contributed by atoms with Gasteiger partial charge in [-0.25, -0.2) is 0 Å². The van der Waals surface area contributed by atoms with Crippen LogP contribution >= 0.6 is 12.4 Å². The Morgan fingerprint density at radius 1 is 1.00 bits per heavy atom. The molecular formula is C31H36ClN2O7+. The molecular weight excluding hydrogens is 548 g/mol. The van der Waals surface area contributed by atoms with Crippen LogP contribution in [0.2, 0.25) is 0 Å². The Bertz CT molecular complexity index is 1500. The van der Waals surface area contributed by atoms with Crippen LogP contribution in [0, 0.1) is 0 Å². The van der Waals surface area contributed by atoms with Gasteiger partial charge in [0, 0.05) is 12.5 Å². The number of carboxylic acids is 1. The SMILES string of the molecule is COc1ccc2cc3[n+](cc2c1OC)CCc1cc2c(cc1-3)OCO2.C[N+](C)(C)CC(=O)[O-].Cl.Oc1ccccc1. The number of carbonyl (C=O) groups is 1. The van der Waals surface area contributed by atoms with Crippen LogP contribution < -0.4 is 28.6 Å². The summed E-state index contributed by atoms with van der Waals surface area (Å²) in [6.07, 6.45) is 3.11. The fourth-order valence-corrected chi connectivity index (χ4v) is 4.58. The molecule has 0 saturated heterocycles. The van der Waals surface area contributed by atoms with Crippen LogP contribution in [0.25, 0.3) is 22.0 Å². The molecule has 218 valence electrons. The van der Waals surface area contributed by atoms with Gasteiger partial charge in [-0.05, 0) is 47.3 Å². The molecule has 10 heteroatoms. The maximum Gasteiger partial charge on any atom is 0.231 e. The highest BCUT2D eigenvalue weighted by Gasteiger charge is 2.28. The van der Waals surface area contributed by atoms with Gasteiger partial charge in [-0.2, -0.15) is 4.57 Å². The number of aromatic nitrogens is 1. The Kier molecular flexibility index (Phi) is 10.3. The first-order valence-corrected chi connectivity index (χ1v) is 12.8. The molecule has 0 unspecified atom stereocenters. The van der Waals surface area contributed by atoms with Gasteiger partial charge >= 0.3 is 0 Å². The van der Waals surface area contributed by atoms with Crippen LogP contribution in [0.4, 0.5) is 0 Å². The lowest BCUT2D eigenvalue weighted by Crippen LogP contribution is -2.45. The van der Waals surface area contributed by atoms with E-state index in [9.17, 15) is 9.90 Å². The first-order chi connectivity index (χ1) is 19.1. The van der Waals surface area contributed by atoms with E-state index in [1.54, 1.807) is 59.6 Å². The molecule has 2 aliphatic rings. The molecule has 4 aromatic rings. The Labute approximate surface area is 246 Å². The number of phenolic OH excluding ortho intramolecular Hbond substituents is 1. The van der Waals surface area contributed by atoms with Crippen molar-refractivity contribution in [1.29, 1.82) is 0 Å². The number of likely N-dealkylation sites (N-methyl/N-ethyl adjacent to an activating group) is 1. The molecule has 0 spiro atoms. The number of ether oxygens (including phenoxy) is 4. The maximum absolute atomic E-state index is 9.89. The third-order valence-corrected chi connectivity index (χ3v) is 6.36. The molecule has 1 N–H and O–H groups in total. The third-order valence-electron chi connectivity index (χ3n) is 6.36. The van der Waals surface area contributed by atoms with E-state index in [0.717, 1.165) is 46.7 Å². The average Bonchev–Trinajstić information content (AvgIpc) is 3.37. The largest absolute Gasteiger partial charge is 0.544 e. The molecule has 3 aromatic carbocycles. The van der Waals surface area contributed by atoms with Crippen LogP contribution in [0.1, 0.15) is 5.56 Å². The predicted molar refractivity (Wildman–Crippen MR) is 156 cm³/mol. The van der Waals surface area contributed by atoms with Crippen LogP contribution in [0.3, 0.4) is 0 Å². The highest BCUT2D eigenvalue weighted by Crippen LogP contribution is 2.41. The van der Waals surface area contributed by atoms with Gasteiger partial charge < -0.3 is 38.4 Å². The summed E-state index contributed by atoms with van der Waals surface area (Å²) < 4.78 is 24.8. The number of methoxy groups -OCH3 is 2. The quantitative estimate of drug-likeness (QED) is 0.290. The van der Waals surface area contributed by atoms with Crippen molar-refractivity contribution >= 4 is 29.1 Å². The molecule has 3 heterocycles. The summed E-state index contributed by atoms with van der Waals surface area (Å²) in [5.74, 6) is 2.50. The molecule has 1 aromatic heterocycles. The van der Waals surface area contributed by atoms with E-state index < -0.39 is 5.97 Å². The van der Waals surface area contributed by atoms with Crippen molar-refractivity contribution in [2.75, 3.05) is 48.7 Å². The summed E-state index contributed by atoms with van der Waals surface area (Å²) in [6, 6.07) is 19.1. The Balaban J connectivity index is 0.000000240. The topological polar surface area (TPSA) is 101 Å². The van der Waals surface area contributed by atoms with Crippen molar-refractivity contribution in [2.24, 2.45) is 0 Å². The molecule has 6 rings (SSSR count). The second-order valence-corrected chi connectivity index (χ2v) is 10.4. The maximum atomic E-state index is 9.89. The number of benzene rings is 3. The number of phenols is 1. The molecule has 2 aliphatic heterocycles. The van der Waals surface area contributed by atoms with Crippen molar-refractivity contribution in [2.45, 2.75) is 13.0 Å². The molecule has 0 fully saturated rings. The molecule has 0 aliphatic carbocycles. The van der Waals surface area contributed by atoms with E-state index in [-0.39, 0.29) is 19.0 Å². The number of aromatic hydroxyl groups is 1. The monoisotopic (exact) mass is 583 g/mol. The minimum Gasteiger partial charge on any atom is -0.544 e. The molecule has 41 heavy (non-hydrogen) atoms. The van der Waals surface area contributed by atoms with Crippen LogP contribution in [0.15, 0.2) is 66.9 Å². The van der Waals surface area contributed by atoms with Crippen molar-refractivity contribution in [3.8, 4) is 40.0 Å². The smallest absolute Gasteiger partial charge is 0.231 e. The zero-order chi connectivity index (χ0) is 28.9. The molecule has 0 radical (unpaired) electrons. The Morgan fingerprint density at radius 2 is 1.68 bits per heavy atom. The van der Waals surface area contributed by atoms with Gasteiger partial charge in [0.15, 0.2) is 35.7 Å². The standard InChI is InChI=1S/C20H18NO4.C6H6O.C5H11NO2.ClH/c1-22-17-4-3-12-7-16-14-9-19-18(24-11-25-19)8-13(14)5-6-21(16)10-15(12)20(17)23-2;7-6-4-2-1-3-5-6;1-6(2,3)4-5(7)8;/h3-4,7-10H,5-6,11H2,1-2H3;1-5,7H;4H2,1-3H3;1H/q+1;;;. The summed E-state index contributed by atoms with van der Waals surface area (Å²) in [7, 11) is 8.74. The average molecular weight is 584 g/mol. The zero-order valence-corrected chi connectivity index (χ0v) is 24.7. The van der Waals surface area contributed by atoms with E-state index in [4.69, 9.17) is 24.1 Å². The number of pyridine rings is 1. The second-order valence-electron chi connectivity index (χ2n) is 10.4. The molecule has 0 amide bonds.